The zero-order chi connectivity index (χ0) is 14.8. The van der Waals surface area contributed by atoms with E-state index in [9.17, 15) is 0 Å². The number of morpholine rings is 1. The number of hydrogen-bond acceptors (Lipinski definition) is 5. The van der Waals surface area contributed by atoms with Crippen LogP contribution in [0.15, 0.2) is 24.3 Å². The van der Waals surface area contributed by atoms with E-state index in [0.29, 0.717) is 5.92 Å². The molecule has 5 nitrogen and oxygen atoms in total. The van der Waals surface area contributed by atoms with Crippen LogP contribution in [0, 0.1) is 0 Å². The van der Waals surface area contributed by atoms with E-state index >= 15 is 0 Å². The molecule has 1 aromatic carbocycles. The normalized spacial score (nSPS) is 19.5. The lowest BCUT2D eigenvalue weighted by atomic mass is 10.2. The number of nitrogens with zero attached hydrogens (tertiary/aromatic N) is 3. The minimum atomic E-state index is 0.574. The maximum absolute atomic E-state index is 5.39. The van der Waals surface area contributed by atoms with Crippen LogP contribution in [0.5, 0.6) is 0 Å². The number of anilines is 1. The second-order valence-corrected chi connectivity index (χ2v) is 6.10. The fourth-order valence-electron chi connectivity index (χ4n) is 2.91. The van der Waals surface area contributed by atoms with Crippen molar-refractivity contribution in [2.45, 2.75) is 18.8 Å². The third-order valence-electron chi connectivity index (χ3n) is 4.39. The zero-order valence-corrected chi connectivity index (χ0v) is 12.8. The van der Waals surface area contributed by atoms with Gasteiger partial charge in [-0.1, -0.05) is 12.1 Å². The van der Waals surface area contributed by atoms with E-state index in [2.05, 4.69) is 28.4 Å². The molecule has 2 heterocycles. The molecule has 0 atom stereocenters. The van der Waals surface area contributed by atoms with Crippen LogP contribution in [-0.4, -0.2) is 54.3 Å². The summed E-state index contributed by atoms with van der Waals surface area (Å²) in [5.74, 6) is 2.57. The predicted molar refractivity (Wildman–Crippen MR) is 87.3 cm³/mol. The largest absolute Gasteiger partial charge is 0.379 e. The summed E-state index contributed by atoms with van der Waals surface area (Å²) in [6.45, 7) is 5.69. The van der Waals surface area contributed by atoms with Crippen LogP contribution < -0.4 is 5.32 Å². The minimum absolute atomic E-state index is 0.574. The molecule has 1 aliphatic carbocycles. The molecule has 0 radical (unpaired) electrons. The lowest BCUT2D eigenvalue weighted by Crippen LogP contribution is -2.39. The number of ether oxygens (including phenoxy) is 1. The molecular formula is C17H22N4O. The van der Waals surface area contributed by atoms with Crippen LogP contribution in [0.2, 0.25) is 0 Å². The van der Waals surface area contributed by atoms with E-state index in [1.807, 2.05) is 6.07 Å². The first-order valence-electron chi connectivity index (χ1n) is 8.21. The molecule has 22 heavy (non-hydrogen) atoms. The minimum Gasteiger partial charge on any atom is -0.379 e. The number of hydrogen-bond donors (Lipinski definition) is 1. The summed E-state index contributed by atoms with van der Waals surface area (Å²) in [4.78, 5) is 11.9. The third-order valence-corrected chi connectivity index (χ3v) is 4.39. The molecule has 0 spiro atoms. The average Bonchev–Trinajstić information content (AvgIpc) is 3.40. The van der Waals surface area contributed by atoms with Crippen LogP contribution >= 0.6 is 0 Å². The van der Waals surface area contributed by atoms with Crippen molar-refractivity contribution in [1.29, 1.82) is 0 Å². The van der Waals surface area contributed by atoms with Gasteiger partial charge in [-0.05, 0) is 25.0 Å². The molecule has 1 aliphatic heterocycles. The van der Waals surface area contributed by atoms with Gasteiger partial charge in [-0.2, -0.15) is 0 Å². The highest BCUT2D eigenvalue weighted by Crippen LogP contribution is 2.39. The lowest BCUT2D eigenvalue weighted by Gasteiger charge is -2.26. The van der Waals surface area contributed by atoms with Crippen LogP contribution in [0.3, 0.4) is 0 Å². The SMILES string of the molecule is c1ccc2c(NCCN3CCOCC3)nc(C3CC3)nc2c1. The molecule has 116 valence electrons. The van der Waals surface area contributed by atoms with Gasteiger partial charge in [0.15, 0.2) is 0 Å². The van der Waals surface area contributed by atoms with E-state index in [4.69, 9.17) is 14.7 Å². The number of para-hydroxylation sites is 1. The summed E-state index contributed by atoms with van der Waals surface area (Å²) >= 11 is 0. The monoisotopic (exact) mass is 298 g/mol. The van der Waals surface area contributed by atoms with Gasteiger partial charge in [0, 0.05) is 37.5 Å². The summed E-state index contributed by atoms with van der Waals surface area (Å²) < 4.78 is 5.39. The number of benzene rings is 1. The quantitative estimate of drug-likeness (QED) is 0.917. The van der Waals surface area contributed by atoms with Gasteiger partial charge >= 0.3 is 0 Å². The van der Waals surface area contributed by atoms with Gasteiger partial charge in [-0.25, -0.2) is 9.97 Å². The first-order chi connectivity index (χ1) is 10.9. The number of nitrogens with one attached hydrogen (secondary N) is 1. The number of fused-ring (bicyclic) bond motifs is 1. The van der Waals surface area contributed by atoms with Crippen LogP contribution in [0.4, 0.5) is 5.82 Å². The van der Waals surface area contributed by atoms with Gasteiger partial charge in [-0.15, -0.1) is 0 Å². The topological polar surface area (TPSA) is 50.3 Å². The smallest absolute Gasteiger partial charge is 0.137 e. The number of rotatable bonds is 5. The highest BCUT2D eigenvalue weighted by Gasteiger charge is 2.27. The van der Waals surface area contributed by atoms with Crippen LogP contribution in [0.25, 0.3) is 10.9 Å². The standard InChI is InChI=1S/C17H22N4O/c1-2-4-15-14(3-1)17(20-16(19-15)13-5-6-13)18-7-8-21-9-11-22-12-10-21/h1-4,13H,5-12H2,(H,18,19,20). The summed E-state index contributed by atoms with van der Waals surface area (Å²) in [6, 6.07) is 8.28. The van der Waals surface area contributed by atoms with Crippen molar-refractivity contribution >= 4 is 16.7 Å². The Morgan fingerprint density at radius 3 is 2.77 bits per heavy atom. The van der Waals surface area contributed by atoms with Crippen LogP contribution in [0.1, 0.15) is 24.6 Å². The summed E-state index contributed by atoms with van der Waals surface area (Å²) in [6.07, 6.45) is 2.46. The van der Waals surface area contributed by atoms with Crippen molar-refractivity contribution in [3.8, 4) is 0 Å². The Morgan fingerprint density at radius 1 is 1.14 bits per heavy atom. The molecule has 2 aromatic rings. The van der Waals surface area contributed by atoms with Crippen molar-refractivity contribution in [3.63, 3.8) is 0 Å². The maximum Gasteiger partial charge on any atom is 0.137 e. The van der Waals surface area contributed by atoms with Gasteiger partial charge < -0.3 is 10.1 Å². The van der Waals surface area contributed by atoms with Gasteiger partial charge in [0.25, 0.3) is 0 Å². The Hall–Kier alpha value is -1.72. The van der Waals surface area contributed by atoms with E-state index in [0.717, 1.165) is 61.9 Å². The molecule has 0 bridgehead atoms. The highest BCUT2D eigenvalue weighted by atomic mass is 16.5. The second kappa shape index (κ2) is 6.18. The first-order valence-corrected chi connectivity index (χ1v) is 8.21. The molecule has 1 N–H and O–H groups in total. The Balaban J connectivity index is 1.49. The fraction of sp³-hybridized carbons (Fsp3) is 0.529. The van der Waals surface area contributed by atoms with Gasteiger partial charge in [0.2, 0.25) is 0 Å². The van der Waals surface area contributed by atoms with Gasteiger partial charge in [0.05, 0.1) is 18.7 Å². The molecule has 5 heteroatoms. The molecule has 2 fully saturated rings. The summed E-state index contributed by atoms with van der Waals surface area (Å²) in [5.41, 5.74) is 1.05. The highest BCUT2D eigenvalue weighted by molar-refractivity contribution is 5.89. The second-order valence-electron chi connectivity index (χ2n) is 6.10. The number of aromatic nitrogens is 2. The van der Waals surface area contributed by atoms with E-state index < -0.39 is 0 Å². The molecule has 2 aliphatic rings. The first kappa shape index (κ1) is 13.9. The molecule has 0 unspecified atom stereocenters. The molecule has 1 saturated carbocycles. The Kier molecular flexibility index (Phi) is 3.91. The zero-order valence-electron chi connectivity index (χ0n) is 12.8. The summed E-state index contributed by atoms with van der Waals surface area (Å²) in [7, 11) is 0. The summed E-state index contributed by atoms with van der Waals surface area (Å²) in [5, 5.41) is 4.64. The predicted octanol–water partition coefficient (Wildman–Crippen LogP) is 2.25. The van der Waals surface area contributed by atoms with E-state index in [1.165, 1.54) is 12.8 Å². The average molecular weight is 298 g/mol. The van der Waals surface area contributed by atoms with E-state index in [-0.39, 0.29) is 0 Å². The third kappa shape index (κ3) is 3.05. The molecule has 1 saturated heterocycles. The van der Waals surface area contributed by atoms with Gasteiger partial charge in [0.1, 0.15) is 11.6 Å². The Bertz CT molecular complexity index is 650. The van der Waals surface area contributed by atoms with Crippen molar-refractivity contribution in [3.05, 3.63) is 30.1 Å². The molecule has 4 rings (SSSR count). The van der Waals surface area contributed by atoms with E-state index in [1.54, 1.807) is 0 Å². The molecule has 0 amide bonds. The Labute approximate surface area is 130 Å². The molecular weight excluding hydrogens is 276 g/mol. The molecule has 1 aromatic heterocycles. The van der Waals surface area contributed by atoms with Crippen molar-refractivity contribution < 1.29 is 4.74 Å². The van der Waals surface area contributed by atoms with Crippen LogP contribution in [-0.2, 0) is 4.74 Å². The maximum atomic E-state index is 5.39. The fourth-order valence-corrected chi connectivity index (χ4v) is 2.91. The van der Waals surface area contributed by atoms with Crippen molar-refractivity contribution in [1.82, 2.24) is 14.9 Å². The lowest BCUT2D eigenvalue weighted by molar-refractivity contribution is 0.0398. The van der Waals surface area contributed by atoms with Gasteiger partial charge in [-0.3, -0.25) is 4.90 Å². The Morgan fingerprint density at radius 2 is 1.95 bits per heavy atom. The van der Waals surface area contributed by atoms with Crippen molar-refractivity contribution in [2.75, 3.05) is 44.7 Å². The van der Waals surface area contributed by atoms with Crippen molar-refractivity contribution in [2.24, 2.45) is 0 Å².